The van der Waals surface area contributed by atoms with Crippen LogP contribution in [0.5, 0.6) is 0 Å². The van der Waals surface area contributed by atoms with E-state index in [2.05, 4.69) is 0 Å². The van der Waals surface area contributed by atoms with Gasteiger partial charge in [0.05, 0.1) is 12.2 Å². The Morgan fingerprint density at radius 2 is 1.93 bits per heavy atom. The summed E-state index contributed by atoms with van der Waals surface area (Å²) in [6.07, 6.45) is 3.12. The summed E-state index contributed by atoms with van der Waals surface area (Å²) in [6.45, 7) is 8.06. The quantitative estimate of drug-likeness (QED) is 0.703. The fraction of sp³-hybridized carbons (Fsp3) is 0.650. The van der Waals surface area contributed by atoms with Crippen LogP contribution in [0.4, 0.5) is 9.80 Å². The molecule has 1 fully saturated rings. The molecule has 1 aromatic heterocycles. The van der Waals surface area contributed by atoms with Crippen molar-refractivity contribution in [3.63, 3.8) is 0 Å². The molecule has 1 aliphatic carbocycles. The van der Waals surface area contributed by atoms with E-state index < -0.39 is 17.7 Å². The van der Waals surface area contributed by atoms with Crippen LogP contribution in [0.15, 0.2) is 0 Å². The second-order valence-electron chi connectivity index (χ2n) is 8.06. The van der Waals surface area contributed by atoms with Gasteiger partial charge in [-0.05, 0) is 53.4 Å². The molecule has 0 radical (unpaired) electrons. The molecule has 6 nitrogen and oxygen atoms in total. The van der Waals surface area contributed by atoms with Crippen LogP contribution in [0.25, 0.3) is 0 Å². The summed E-state index contributed by atoms with van der Waals surface area (Å²) in [5.74, 6) is -0.108. The van der Waals surface area contributed by atoms with Crippen LogP contribution in [0.2, 0.25) is 0 Å². The monoisotopic (exact) mass is 393 g/mol. The van der Waals surface area contributed by atoms with E-state index in [1.54, 1.807) is 11.8 Å². The maximum absolute atomic E-state index is 12.7. The Morgan fingerprint density at radius 3 is 2.52 bits per heavy atom. The molecule has 0 saturated heterocycles. The third-order valence-electron chi connectivity index (χ3n) is 4.57. The smallest absolute Gasteiger partial charge is 0.415 e. The number of hydrogen-bond acceptors (Lipinski definition) is 6. The molecule has 2 aliphatic rings. The van der Waals surface area contributed by atoms with Crippen molar-refractivity contribution in [2.45, 2.75) is 65.4 Å². The van der Waals surface area contributed by atoms with E-state index in [4.69, 9.17) is 9.47 Å². The Morgan fingerprint density at radius 1 is 1.22 bits per heavy atom. The van der Waals surface area contributed by atoms with E-state index in [1.165, 1.54) is 11.3 Å². The zero-order valence-electron chi connectivity index (χ0n) is 16.4. The lowest BCUT2D eigenvalue weighted by atomic mass is 9.99. The van der Waals surface area contributed by atoms with Gasteiger partial charge in [0, 0.05) is 29.3 Å². The van der Waals surface area contributed by atoms with Gasteiger partial charge in [-0.15, -0.1) is 11.3 Å². The highest BCUT2D eigenvalue weighted by Crippen LogP contribution is 2.42. The summed E-state index contributed by atoms with van der Waals surface area (Å²) >= 11 is 1.36. The van der Waals surface area contributed by atoms with E-state index in [-0.39, 0.29) is 24.7 Å². The van der Waals surface area contributed by atoms with E-state index in [0.29, 0.717) is 23.4 Å². The fourth-order valence-electron chi connectivity index (χ4n) is 3.23. The fourth-order valence-corrected chi connectivity index (χ4v) is 4.59. The van der Waals surface area contributed by atoms with Crippen molar-refractivity contribution < 1.29 is 23.9 Å². The molecule has 7 heteroatoms. The number of rotatable bonds is 5. The molecule has 0 N–H and O–H groups in total. The minimum atomic E-state index is -0.597. The van der Waals surface area contributed by atoms with Crippen molar-refractivity contribution in [3.05, 3.63) is 16.0 Å². The molecule has 148 valence electrons. The SMILES string of the molecule is CCOC(=O)c1c(CC(=O)C2CC2)sc2c1CCCN2C(=O)OC(C)(C)C. The minimum Gasteiger partial charge on any atom is -0.462 e. The highest BCUT2D eigenvalue weighted by molar-refractivity contribution is 7.17. The Hall–Kier alpha value is -1.89. The normalized spacial score (nSPS) is 16.7. The van der Waals surface area contributed by atoms with E-state index in [1.807, 2.05) is 20.8 Å². The Bertz CT molecular complexity index is 757. The number of carbonyl (C=O) groups excluding carboxylic acids is 3. The van der Waals surface area contributed by atoms with Crippen molar-refractivity contribution in [3.8, 4) is 0 Å². The van der Waals surface area contributed by atoms with Crippen LogP contribution < -0.4 is 4.90 Å². The number of ether oxygens (including phenoxy) is 2. The predicted molar refractivity (Wildman–Crippen MR) is 104 cm³/mol. The maximum Gasteiger partial charge on any atom is 0.415 e. The summed E-state index contributed by atoms with van der Waals surface area (Å²) in [4.78, 5) is 40.0. The van der Waals surface area contributed by atoms with Crippen LogP contribution in [0, 0.1) is 5.92 Å². The lowest BCUT2D eigenvalue weighted by molar-refractivity contribution is -0.119. The number of hydrogen-bond donors (Lipinski definition) is 0. The number of thiophene rings is 1. The van der Waals surface area contributed by atoms with Gasteiger partial charge >= 0.3 is 12.1 Å². The highest BCUT2D eigenvalue weighted by atomic mass is 32.1. The number of ketones is 1. The second kappa shape index (κ2) is 7.62. The first-order valence-electron chi connectivity index (χ1n) is 9.56. The van der Waals surface area contributed by atoms with Gasteiger partial charge in [-0.2, -0.15) is 0 Å². The van der Waals surface area contributed by atoms with Crippen molar-refractivity contribution >= 4 is 34.2 Å². The molecule has 1 aromatic rings. The molecular formula is C20H27NO5S. The van der Waals surface area contributed by atoms with Crippen LogP contribution in [-0.2, 0) is 27.1 Å². The van der Waals surface area contributed by atoms with Gasteiger partial charge < -0.3 is 9.47 Å². The average molecular weight is 394 g/mol. The zero-order chi connectivity index (χ0) is 19.8. The molecule has 0 unspecified atom stereocenters. The Kier molecular flexibility index (Phi) is 5.60. The molecule has 27 heavy (non-hydrogen) atoms. The summed E-state index contributed by atoms with van der Waals surface area (Å²) in [6, 6.07) is 0. The molecule has 0 bridgehead atoms. The second-order valence-corrected chi connectivity index (χ2v) is 9.14. The van der Waals surface area contributed by atoms with Crippen molar-refractivity contribution in [2.24, 2.45) is 5.92 Å². The van der Waals surface area contributed by atoms with Gasteiger partial charge in [-0.25, -0.2) is 9.59 Å². The molecule has 1 saturated carbocycles. The van der Waals surface area contributed by atoms with Gasteiger partial charge in [0.15, 0.2) is 0 Å². The lowest BCUT2D eigenvalue weighted by Gasteiger charge is -2.29. The van der Waals surface area contributed by atoms with Gasteiger partial charge in [0.2, 0.25) is 0 Å². The number of carbonyl (C=O) groups is 3. The first-order valence-corrected chi connectivity index (χ1v) is 10.4. The summed E-state index contributed by atoms with van der Waals surface area (Å²) in [5, 5.41) is 0.720. The van der Waals surface area contributed by atoms with Gasteiger partial charge in [0.1, 0.15) is 16.4 Å². The molecule has 0 atom stereocenters. The predicted octanol–water partition coefficient (Wildman–Crippen LogP) is 4.13. The molecule has 1 aliphatic heterocycles. The van der Waals surface area contributed by atoms with Crippen molar-refractivity contribution in [1.82, 2.24) is 0 Å². The molecule has 3 rings (SSSR count). The maximum atomic E-state index is 12.7. The van der Waals surface area contributed by atoms with Crippen LogP contribution in [-0.4, -0.2) is 36.6 Å². The minimum absolute atomic E-state index is 0.126. The van der Waals surface area contributed by atoms with Crippen LogP contribution in [0.3, 0.4) is 0 Å². The van der Waals surface area contributed by atoms with E-state index in [9.17, 15) is 14.4 Å². The molecular weight excluding hydrogens is 366 g/mol. The topological polar surface area (TPSA) is 72.9 Å². The van der Waals surface area contributed by atoms with Gasteiger partial charge in [-0.3, -0.25) is 9.69 Å². The van der Waals surface area contributed by atoms with E-state index in [0.717, 1.165) is 29.8 Å². The van der Waals surface area contributed by atoms with Crippen LogP contribution >= 0.6 is 11.3 Å². The number of Topliss-reactive ketones (excluding diaryl/α,β-unsaturated/α-hetero) is 1. The Labute approximate surface area is 163 Å². The molecule has 0 spiro atoms. The number of esters is 1. The number of amides is 1. The zero-order valence-corrected chi connectivity index (χ0v) is 17.2. The molecule has 0 aromatic carbocycles. The first-order chi connectivity index (χ1) is 12.7. The van der Waals surface area contributed by atoms with Crippen molar-refractivity contribution in [2.75, 3.05) is 18.1 Å². The first kappa shape index (κ1) is 19.9. The van der Waals surface area contributed by atoms with Gasteiger partial charge in [-0.1, -0.05) is 0 Å². The number of nitrogens with zero attached hydrogens (tertiary/aromatic N) is 1. The van der Waals surface area contributed by atoms with Crippen LogP contribution in [0.1, 0.15) is 67.8 Å². The summed E-state index contributed by atoms with van der Waals surface area (Å²) in [7, 11) is 0. The number of fused-ring (bicyclic) bond motifs is 1. The summed E-state index contributed by atoms with van der Waals surface area (Å²) < 4.78 is 10.8. The van der Waals surface area contributed by atoms with Gasteiger partial charge in [0.25, 0.3) is 0 Å². The third-order valence-corrected chi connectivity index (χ3v) is 5.83. The highest BCUT2D eigenvalue weighted by Gasteiger charge is 2.36. The standard InChI is InChI=1S/C20H27NO5S/c1-5-25-18(23)16-13-7-6-10-21(19(24)26-20(2,3)4)17(13)27-15(16)11-14(22)12-8-9-12/h12H,5-11H2,1-4H3. The number of anilines is 1. The van der Waals surface area contributed by atoms with Crippen molar-refractivity contribution in [1.29, 1.82) is 0 Å². The summed E-state index contributed by atoms with van der Waals surface area (Å²) in [5.41, 5.74) is 0.703. The third kappa shape index (κ3) is 4.51. The molecule has 2 heterocycles. The largest absolute Gasteiger partial charge is 0.462 e. The Balaban J connectivity index is 1.96. The molecule has 1 amide bonds. The lowest BCUT2D eigenvalue weighted by Crippen LogP contribution is -2.39. The van der Waals surface area contributed by atoms with E-state index >= 15 is 0 Å². The average Bonchev–Trinajstić information content (AvgIpc) is 3.34.